The molecule has 2 aliphatic rings. The summed E-state index contributed by atoms with van der Waals surface area (Å²) in [6.07, 6.45) is -2.37. The number of fused-ring (bicyclic) bond motifs is 1. The summed E-state index contributed by atoms with van der Waals surface area (Å²) in [5.41, 5.74) is -0.545. The number of benzene rings is 1. The number of hydrogen-bond acceptors (Lipinski definition) is 8. The van der Waals surface area contributed by atoms with Crippen LogP contribution in [-0.2, 0) is 11.0 Å². The van der Waals surface area contributed by atoms with E-state index in [0.29, 0.717) is 6.54 Å². The van der Waals surface area contributed by atoms with Crippen molar-refractivity contribution in [3.63, 3.8) is 0 Å². The number of carbonyl (C=O) groups is 1. The monoisotopic (exact) mass is 468 g/mol. The molecule has 1 fully saturated rings. The van der Waals surface area contributed by atoms with Gasteiger partial charge in [0, 0.05) is 0 Å². The van der Waals surface area contributed by atoms with Gasteiger partial charge in [-0.2, -0.15) is 13.2 Å². The molecular weight excluding hydrogens is 452 g/mol. The second-order valence-corrected chi connectivity index (χ2v) is 9.64. The minimum atomic E-state index is -4.53. The molecule has 0 aliphatic carbocycles. The van der Waals surface area contributed by atoms with Crippen LogP contribution in [0.2, 0.25) is 0 Å². The molecule has 13 heteroatoms. The number of nitrogens with zero attached hydrogens (tertiary/aromatic N) is 2. The Kier molecular flexibility index (Phi) is 5.96. The Balaban J connectivity index is 1.85. The average molecular weight is 468 g/mol. The Morgan fingerprint density at radius 2 is 1.93 bits per heavy atom. The number of carbonyl (C=O) groups excluding carboxylic acids is 1. The Morgan fingerprint density at radius 1 is 1.24 bits per heavy atom. The van der Waals surface area contributed by atoms with E-state index in [9.17, 15) is 32.6 Å². The number of rotatable bonds is 4. The maximum atomic E-state index is 13.0. The Hall–Kier alpha value is -1.69. The van der Waals surface area contributed by atoms with Gasteiger partial charge in [-0.3, -0.25) is 0 Å². The first-order chi connectivity index (χ1) is 13.4. The summed E-state index contributed by atoms with van der Waals surface area (Å²) in [5, 5.41) is 0. The third-order valence-corrected chi connectivity index (χ3v) is 6.13. The summed E-state index contributed by atoms with van der Waals surface area (Å²) < 4.78 is 44.6. The standard InChI is InChI=1S/C16H16F3N2O5PS2/c1-2-20-10-7-9(16(17,18)19)3-4-11(10)26-13(20)6-5-12-14(22)21(15(28)29-12)8-27(23,24)25/h3-7,23-25,27H,2,8H2,1H3/b12-5+,13-6-. The number of alkyl halides is 3. The van der Waals surface area contributed by atoms with E-state index in [0.717, 1.165) is 28.8 Å². The Morgan fingerprint density at radius 3 is 2.52 bits per heavy atom. The van der Waals surface area contributed by atoms with Crippen molar-refractivity contribution in [3.05, 3.63) is 46.7 Å². The van der Waals surface area contributed by atoms with Gasteiger partial charge in [0.2, 0.25) is 0 Å². The van der Waals surface area contributed by atoms with E-state index < -0.39 is 31.9 Å². The van der Waals surface area contributed by atoms with Crippen molar-refractivity contribution < 1.29 is 37.4 Å². The molecular formula is C16H16F3N2O5PS2. The molecule has 0 unspecified atom stereocenters. The van der Waals surface area contributed by atoms with Gasteiger partial charge in [0.25, 0.3) is 0 Å². The van der Waals surface area contributed by atoms with Crippen molar-refractivity contribution >= 4 is 47.8 Å². The van der Waals surface area contributed by atoms with Gasteiger partial charge in [-0.15, -0.1) is 0 Å². The molecule has 0 spiro atoms. The normalized spacial score (nSPS) is 20.7. The second-order valence-electron chi connectivity index (χ2n) is 6.10. The van der Waals surface area contributed by atoms with Crippen LogP contribution in [0.15, 0.2) is 41.1 Å². The Labute approximate surface area is 173 Å². The van der Waals surface area contributed by atoms with Gasteiger partial charge in [0.05, 0.1) is 0 Å². The number of halogens is 3. The molecule has 2 aliphatic heterocycles. The molecule has 1 saturated heterocycles. The predicted octanol–water partition coefficient (Wildman–Crippen LogP) is 2.94. The van der Waals surface area contributed by atoms with Crippen molar-refractivity contribution in [3.8, 4) is 5.75 Å². The maximum absolute atomic E-state index is 13.0. The van der Waals surface area contributed by atoms with Gasteiger partial charge in [-0.1, -0.05) is 0 Å². The van der Waals surface area contributed by atoms with Crippen LogP contribution in [0.4, 0.5) is 18.9 Å². The first-order valence-corrected chi connectivity index (χ1v) is 11.5. The van der Waals surface area contributed by atoms with Gasteiger partial charge >= 0.3 is 160 Å². The van der Waals surface area contributed by atoms with Crippen molar-refractivity contribution in [1.29, 1.82) is 0 Å². The zero-order chi connectivity index (χ0) is 21.6. The van der Waals surface area contributed by atoms with Gasteiger partial charge in [-0.05, 0) is 0 Å². The van der Waals surface area contributed by atoms with E-state index >= 15 is 0 Å². The van der Waals surface area contributed by atoms with Gasteiger partial charge < -0.3 is 0 Å². The van der Waals surface area contributed by atoms with Crippen LogP contribution in [0, 0.1) is 0 Å². The third-order valence-electron chi connectivity index (χ3n) is 3.99. The summed E-state index contributed by atoms with van der Waals surface area (Å²) in [6.45, 7) is 2.06. The van der Waals surface area contributed by atoms with Crippen molar-refractivity contribution in [1.82, 2.24) is 4.90 Å². The molecule has 0 saturated carbocycles. The fourth-order valence-corrected chi connectivity index (χ4v) is 4.89. The molecule has 2 heterocycles. The number of ether oxygens (including phenoxy) is 1. The van der Waals surface area contributed by atoms with E-state index in [4.69, 9.17) is 17.0 Å². The average Bonchev–Trinajstić information content (AvgIpc) is 3.09. The molecule has 29 heavy (non-hydrogen) atoms. The van der Waals surface area contributed by atoms with E-state index in [2.05, 4.69) is 0 Å². The molecule has 3 N–H and O–H groups in total. The number of amides is 1. The molecule has 7 nitrogen and oxygen atoms in total. The molecule has 0 radical (unpaired) electrons. The van der Waals surface area contributed by atoms with E-state index in [1.165, 1.54) is 23.1 Å². The first-order valence-electron chi connectivity index (χ1n) is 8.20. The first kappa shape index (κ1) is 22.0. The van der Waals surface area contributed by atoms with E-state index in [1.54, 1.807) is 6.92 Å². The van der Waals surface area contributed by atoms with E-state index in [1.807, 2.05) is 0 Å². The van der Waals surface area contributed by atoms with Crippen LogP contribution in [0.1, 0.15) is 12.5 Å². The summed E-state index contributed by atoms with van der Waals surface area (Å²) in [6, 6.07) is 3.15. The van der Waals surface area contributed by atoms with Crippen molar-refractivity contribution in [2.75, 3.05) is 17.7 Å². The SMILES string of the molecule is CCN1/C(=C/C=C2/SC(=S)N(C[PH](O)(O)O)C2=O)Oc2ccc(C(F)(F)F)cc21. The quantitative estimate of drug-likeness (QED) is 0.353. The van der Waals surface area contributed by atoms with E-state index in [-0.39, 0.29) is 26.5 Å². The zero-order valence-electron chi connectivity index (χ0n) is 14.8. The predicted molar refractivity (Wildman–Crippen MR) is 108 cm³/mol. The third kappa shape index (κ3) is 4.73. The molecule has 0 aromatic heterocycles. The van der Waals surface area contributed by atoms with Crippen LogP contribution in [-0.4, -0.2) is 42.6 Å². The summed E-state index contributed by atoms with van der Waals surface area (Å²) in [4.78, 5) is 42.5. The van der Waals surface area contributed by atoms with Gasteiger partial charge in [-0.25, -0.2) is 0 Å². The molecule has 0 atom stereocenters. The van der Waals surface area contributed by atoms with Crippen LogP contribution >= 0.6 is 31.9 Å². The fraction of sp³-hybridized carbons (Fsp3) is 0.250. The summed E-state index contributed by atoms with van der Waals surface area (Å²) in [7, 11) is -4.53. The molecule has 1 aromatic carbocycles. The van der Waals surface area contributed by atoms with Gasteiger partial charge in [0.1, 0.15) is 0 Å². The van der Waals surface area contributed by atoms with Crippen LogP contribution in [0.3, 0.4) is 0 Å². The van der Waals surface area contributed by atoms with Crippen LogP contribution in [0.5, 0.6) is 5.75 Å². The van der Waals surface area contributed by atoms with Crippen molar-refractivity contribution in [2.24, 2.45) is 0 Å². The number of hydrogen-bond donors (Lipinski definition) is 3. The number of anilines is 1. The molecule has 158 valence electrons. The fourth-order valence-electron chi connectivity index (χ4n) is 2.74. The molecule has 0 bridgehead atoms. The number of thioether (sulfide) groups is 1. The second kappa shape index (κ2) is 7.86. The summed E-state index contributed by atoms with van der Waals surface area (Å²) in [5.74, 6) is -0.144. The van der Waals surface area contributed by atoms with Crippen LogP contribution < -0.4 is 9.64 Å². The molecule has 1 amide bonds. The number of allylic oxidation sites excluding steroid dienone is 2. The topological polar surface area (TPSA) is 93.5 Å². The van der Waals surface area contributed by atoms with Crippen molar-refractivity contribution in [2.45, 2.75) is 13.1 Å². The minimum absolute atomic E-state index is 0.0477. The summed E-state index contributed by atoms with van der Waals surface area (Å²) >= 11 is 5.91. The molecule has 3 rings (SSSR count). The number of thiocarbonyl (C=S) groups is 1. The zero-order valence-corrected chi connectivity index (χ0v) is 17.4. The van der Waals surface area contributed by atoms with Gasteiger partial charge in [0.15, 0.2) is 0 Å². The Bertz CT molecular complexity index is 930. The van der Waals surface area contributed by atoms with Crippen LogP contribution in [0.25, 0.3) is 0 Å². The molecule has 1 aromatic rings.